The van der Waals surface area contributed by atoms with E-state index in [0.29, 0.717) is 52.4 Å². The number of hydrogen-bond acceptors (Lipinski definition) is 7. The Morgan fingerprint density at radius 3 is 0.787 bits per heavy atom. The fraction of sp³-hybridized carbons (Fsp3) is 0.605. The average Bonchev–Trinajstić information content (AvgIpc) is 1.23. The summed E-state index contributed by atoms with van der Waals surface area (Å²) in [6.07, 6.45) is 15.9. The molecule has 5 unspecified atom stereocenters. The molecule has 534 valence electrons. The van der Waals surface area contributed by atoms with Gasteiger partial charge < -0.3 is 33.2 Å². The van der Waals surface area contributed by atoms with Crippen LogP contribution in [-0.4, -0.2) is 77.1 Å². The van der Waals surface area contributed by atoms with Gasteiger partial charge in [-0.05, 0) is 236 Å². The largest absolute Gasteiger partial charge is 0.378 e. The van der Waals surface area contributed by atoms with Crippen molar-refractivity contribution in [2.45, 2.75) is 241 Å². The first-order valence-corrected chi connectivity index (χ1v) is 34.4. The molecule has 94 heavy (non-hydrogen) atoms. The van der Waals surface area contributed by atoms with Crippen LogP contribution in [0, 0.1) is 140 Å². The fourth-order valence-corrected chi connectivity index (χ4v) is 9.19. The summed E-state index contributed by atoms with van der Waals surface area (Å²) in [4.78, 5) is 0. The molecule has 1 aliphatic carbocycles. The summed E-state index contributed by atoms with van der Waals surface area (Å²) < 4.78 is 112. The van der Waals surface area contributed by atoms with Crippen LogP contribution in [0.1, 0.15) is 198 Å². The minimum Gasteiger partial charge on any atom is -0.378 e. The zero-order valence-electron chi connectivity index (χ0n) is 62.0. The lowest BCUT2D eigenvalue weighted by Crippen LogP contribution is -2.27. The first-order chi connectivity index (χ1) is 44.1. The molecular formula is C81H126F6O7. The summed E-state index contributed by atoms with van der Waals surface area (Å²) in [7, 11) is 0. The number of ether oxygens (including phenoxy) is 7. The summed E-state index contributed by atoms with van der Waals surface area (Å²) >= 11 is 0. The Hall–Kier alpha value is -4.86. The van der Waals surface area contributed by atoms with Crippen LogP contribution in [0.5, 0.6) is 0 Å². The van der Waals surface area contributed by atoms with Gasteiger partial charge in [0.15, 0.2) is 12.6 Å². The van der Waals surface area contributed by atoms with Crippen molar-refractivity contribution in [3.05, 3.63) is 187 Å². The maximum Gasteiger partial charge on any atom is 0.154 e. The predicted molar refractivity (Wildman–Crippen MR) is 381 cm³/mol. The van der Waals surface area contributed by atoms with E-state index in [1.54, 1.807) is 39.8 Å². The van der Waals surface area contributed by atoms with Crippen LogP contribution in [0.15, 0.2) is 96.6 Å². The van der Waals surface area contributed by atoms with Gasteiger partial charge in [-0.25, -0.2) is 26.3 Å². The normalized spacial score (nSPS) is 24.2. The monoisotopic (exact) mass is 1320 g/mol. The molecule has 0 bridgehead atoms. The van der Waals surface area contributed by atoms with Crippen LogP contribution < -0.4 is 0 Å². The molecule has 6 aliphatic rings. The first kappa shape index (κ1) is 87.2. The molecule has 5 fully saturated rings. The smallest absolute Gasteiger partial charge is 0.154 e. The Bertz CT molecular complexity index is 2470. The first-order valence-electron chi connectivity index (χ1n) is 34.4. The molecule has 5 aromatic carbocycles. The molecule has 5 atom stereocenters. The van der Waals surface area contributed by atoms with Crippen LogP contribution >= 0.6 is 0 Å². The summed E-state index contributed by atoms with van der Waals surface area (Å²) in [6, 6.07) is 24.2. The lowest BCUT2D eigenvalue weighted by molar-refractivity contribution is -0.187. The molecule has 0 amide bonds. The van der Waals surface area contributed by atoms with Gasteiger partial charge in [0.05, 0.1) is 51.3 Å². The van der Waals surface area contributed by atoms with Gasteiger partial charge in [0.1, 0.15) is 34.9 Å². The molecule has 5 aromatic rings. The Balaban J connectivity index is 0.00000102. The highest BCUT2D eigenvalue weighted by atomic mass is 19.2. The Morgan fingerprint density at radius 2 is 0.564 bits per heavy atom. The highest BCUT2D eigenvalue weighted by Gasteiger charge is 2.17. The number of rotatable bonds is 0. The summed E-state index contributed by atoms with van der Waals surface area (Å²) in [5.74, 6) is 2.65. The van der Waals surface area contributed by atoms with Crippen molar-refractivity contribution < 1.29 is 60.9 Å². The number of benzene rings is 5. The van der Waals surface area contributed by atoms with E-state index in [0.717, 1.165) is 87.5 Å². The van der Waals surface area contributed by atoms with E-state index >= 15 is 0 Å². The highest BCUT2D eigenvalue weighted by molar-refractivity contribution is 5.26. The van der Waals surface area contributed by atoms with E-state index in [2.05, 4.69) is 113 Å². The van der Waals surface area contributed by atoms with Crippen molar-refractivity contribution in [2.24, 2.45) is 35.5 Å². The van der Waals surface area contributed by atoms with Gasteiger partial charge in [-0.1, -0.05) is 139 Å². The van der Waals surface area contributed by atoms with Gasteiger partial charge >= 0.3 is 0 Å². The molecule has 7 nitrogen and oxygen atoms in total. The van der Waals surface area contributed by atoms with Crippen LogP contribution in [-0.2, 0) is 33.2 Å². The Labute approximate surface area is 568 Å². The van der Waals surface area contributed by atoms with Gasteiger partial charge in [0, 0.05) is 37.6 Å². The molecule has 5 aliphatic heterocycles. The van der Waals surface area contributed by atoms with Crippen LogP contribution in [0.25, 0.3) is 0 Å². The van der Waals surface area contributed by atoms with Gasteiger partial charge in [-0.15, -0.1) is 0 Å². The third-order valence-electron chi connectivity index (χ3n) is 16.3. The van der Waals surface area contributed by atoms with Crippen molar-refractivity contribution in [1.29, 1.82) is 0 Å². The molecule has 11 rings (SSSR count). The molecule has 1 saturated carbocycles. The molecule has 0 aromatic heterocycles. The Morgan fingerprint density at radius 1 is 0.287 bits per heavy atom. The molecule has 13 heteroatoms. The van der Waals surface area contributed by atoms with E-state index in [4.69, 9.17) is 33.2 Å². The SMILES string of the molecule is CC1=CCC(C)OC1.CC1CCC(C)CC1.CC1CCC(C)OC1.CC1CCC(C)OC1.CC1COC(C)OC1.CC1COC(C)OC1.Cc1cc(F)c(C)c(F)c1.Cc1cc(F)c(C)c(F)c1.Cc1ccc(C)c(F)c1.Cc1ccc(C)c(F)c1.Cc1ccc(C)cc1.[HH]. The maximum atomic E-state index is 12.6. The zero-order valence-corrected chi connectivity index (χ0v) is 62.0. The van der Waals surface area contributed by atoms with Crippen LogP contribution in [0.3, 0.4) is 0 Å². The molecule has 4 saturated heterocycles. The van der Waals surface area contributed by atoms with E-state index in [-0.39, 0.29) is 36.8 Å². The van der Waals surface area contributed by atoms with E-state index in [1.807, 2.05) is 39.8 Å². The second kappa shape index (κ2) is 48.8. The van der Waals surface area contributed by atoms with Crippen LogP contribution in [0.2, 0.25) is 0 Å². The predicted octanol–water partition coefficient (Wildman–Crippen LogP) is 22.8. The summed E-state index contributed by atoms with van der Waals surface area (Å²) in [5.41, 5.74) is 8.78. The number of halogens is 6. The van der Waals surface area contributed by atoms with E-state index in [9.17, 15) is 26.3 Å². The average molecular weight is 1330 g/mol. The maximum absolute atomic E-state index is 12.6. The van der Waals surface area contributed by atoms with Crippen LogP contribution in [0.4, 0.5) is 26.3 Å². The number of hydrogen-bond donors (Lipinski definition) is 0. The van der Waals surface area contributed by atoms with Gasteiger partial charge in [0.2, 0.25) is 0 Å². The lowest BCUT2D eigenvalue weighted by atomic mass is 9.84. The minimum atomic E-state index is -0.475. The van der Waals surface area contributed by atoms with Crippen molar-refractivity contribution >= 4 is 0 Å². The van der Waals surface area contributed by atoms with Gasteiger partial charge in [-0.2, -0.15) is 0 Å². The lowest BCUT2D eigenvalue weighted by Gasteiger charge is -2.24. The highest BCUT2D eigenvalue weighted by Crippen LogP contribution is 2.27. The van der Waals surface area contributed by atoms with Gasteiger partial charge in [0.25, 0.3) is 0 Å². The second-order valence-corrected chi connectivity index (χ2v) is 27.5. The molecule has 0 radical (unpaired) electrons. The minimum absolute atomic E-state index is 0. The second-order valence-electron chi connectivity index (χ2n) is 27.5. The standard InChI is InChI=1S/2C8H8F2.2C8H9F.C8H16.C8H10.2C7H14O.C7H12O.2C6H12O2.H2/c2*1-5-3-7(9)6(2)8(10)4-5;2*1-6-3-4-7(2)8(9)5-6;2*1-7-3-5-8(2)6-4-7;3*1-6-3-4-7(2)8-5-6;2*1-5-3-7-6(2)8-4-5;/h2*3-4H,1-2H3;2*3-5H,1-2H3;7-8H,3-6H2,1-2H3;3-6H,1-2H3;2*6-7H,3-5H2,1-2H3;3,7H,4-5H2,1-2H3;2*5-6H,3-4H2,1-2H3;1H. The van der Waals surface area contributed by atoms with E-state index < -0.39 is 23.3 Å². The topological polar surface area (TPSA) is 64.6 Å². The molecular weight excluding hydrogens is 1200 g/mol. The Kier molecular flexibility index (Phi) is 45.2. The third-order valence-corrected chi connectivity index (χ3v) is 16.3. The zero-order chi connectivity index (χ0) is 71.0. The molecule has 0 N–H and O–H groups in total. The van der Waals surface area contributed by atoms with Crippen molar-refractivity contribution in [3.8, 4) is 0 Å². The van der Waals surface area contributed by atoms with Gasteiger partial charge in [-0.3, -0.25) is 0 Å². The van der Waals surface area contributed by atoms with Crippen molar-refractivity contribution in [2.75, 3.05) is 46.2 Å². The number of aryl methyl sites for hydroxylation is 8. The summed E-state index contributed by atoms with van der Waals surface area (Å²) in [5, 5.41) is 0. The third kappa shape index (κ3) is 42.6. The quantitative estimate of drug-likeness (QED) is 0.113. The fourth-order valence-electron chi connectivity index (χ4n) is 9.19. The van der Waals surface area contributed by atoms with E-state index in [1.165, 1.54) is 118 Å². The summed E-state index contributed by atoms with van der Waals surface area (Å²) in [6.45, 7) is 49.6. The van der Waals surface area contributed by atoms with Crippen molar-refractivity contribution in [1.82, 2.24) is 0 Å². The van der Waals surface area contributed by atoms with Crippen molar-refractivity contribution in [3.63, 3.8) is 0 Å². The molecule has 5 heterocycles. The molecule has 0 spiro atoms.